The first-order valence-corrected chi connectivity index (χ1v) is 11.5. The third-order valence-corrected chi connectivity index (χ3v) is 6.91. The molecule has 2 aromatic heterocycles. The lowest BCUT2D eigenvalue weighted by Gasteiger charge is -2.48. The SMILES string of the molecule is CCOC(=O)c1cnc(N2CCC3(CN(Cc4cn(C)c5cc(Br)ccc45)C3)C2)nc1. The van der Waals surface area contributed by atoms with E-state index in [4.69, 9.17) is 4.74 Å². The Morgan fingerprint density at radius 2 is 2.00 bits per heavy atom. The van der Waals surface area contributed by atoms with Gasteiger partial charge in [-0.1, -0.05) is 22.0 Å². The molecule has 7 nitrogen and oxygen atoms in total. The van der Waals surface area contributed by atoms with Crippen LogP contribution in [0.25, 0.3) is 10.9 Å². The lowest BCUT2D eigenvalue weighted by atomic mass is 9.79. The molecule has 162 valence electrons. The van der Waals surface area contributed by atoms with E-state index >= 15 is 0 Å². The Balaban J connectivity index is 1.21. The van der Waals surface area contributed by atoms with E-state index in [0.717, 1.165) is 43.6 Å². The number of rotatable bonds is 5. The van der Waals surface area contributed by atoms with Crippen molar-refractivity contribution in [2.75, 3.05) is 37.7 Å². The van der Waals surface area contributed by atoms with Crippen LogP contribution >= 0.6 is 15.9 Å². The fraction of sp³-hybridized carbons (Fsp3) is 0.435. The number of esters is 1. The van der Waals surface area contributed by atoms with Crippen LogP contribution < -0.4 is 4.90 Å². The van der Waals surface area contributed by atoms with E-state index in [1.807, 2.05) is 0 Å². The van der Waals surface area contributed by atoms with Crippen molar-refractivity contribution in [2.45, 2.75) is 19.9 Å². The highest BCUT2D eigenvalue weighted by Crippen LogP contribution is 2.41. The van der Waals surface area contributed by atoms with E-state index in [9.17, 15) is 4.79 Å². The Hall–Kier alpha value is -2.45. The summed E-state index contributed by atoms with van der Waals surface area (Å²) in [6, 6.07) is 6.50. The number of hydrogen-bond acceptors (Lipinski definition) is 6. The maximum absolute atomic E-state index is 11.8. The molecule has 0 N–H and O–H groups in total. The molecule has 2 fully saturated rings. The van der Waals surface area contributed by atoms with Gasteiger partial charge in [0.1, 0.15) is 0 Å². The second-order valence-electron chi connectivity index (χ2n) is 8.74. The van der Waals surface area contributed by atoms with Gasteiger partial charge in [-0.3, -0.25) is 4.90 Å². The molecule has 3 aromatic rings. The van der Waals surface area contributed by atoms with E-state index in [1.165, 1.54) is 16.5 Å². The smallest absolute Gasteiger partial charge is 0.341 e. The quantitative estimate of drug-likeness (QED) is 0.516. The first kappa shape index (κ1) is 20.5. The topological polar surface area (TPSA) is 63.5 Å². The number of aromatic nitrogens is 3. The van der Waals surface area contributed by atoms with Gasteiger partial charge in [-0.05, 0) is 31.0 Å². The number of nitrogens with zero attached hydrogens (tertiary/aromatic N) is 5. The molecule has 4 heterocycles. The minimum absolute atomic E-state index is 0.316. The largest absolute Gasteiger partial charge is 0.462 e. The fourth-order valence-electron chi connectivity index (χ4n) is 4.99. The molecular weight excluding hydrogens is 458 g/mol. The summed E-state index contributed by atoms with van der Waals surface area (Å²) < 4.78 is 8.32. The van der Waals surface area contributed by atoms with Crippen LogP contribution in [0.2, 0.25) is 0 Å². The predicted molar refractivity (Wildman–Crippen MR) is 123 cm³/mol. The summed E-state index contributed by atoms with van der Waals surface area (Å²) in [5, 5.41) is 1.33. The fourth-order valence-corrected chi connectivity index (χ4v) is 5.34. The molecule has 0 amide bonds. The number of likely N-dealkylation sites (tertiary alicyclic amines) is 1. The molecule has 2 aliphatic heterocycles. The maximum atomic E-state index is 11.8. The number of anilines is 1. The van der Waals surface area contributed by atoms with Crippen LogP contribution in [-0.2, 0) is 18.3 Å². The summed E-state index contributed by atoms with van der Waals surface area (Å²) in [5.41, 5.74) is 3.36. The van der Waals surface area contributed by atoms with Crippen molar-refractivity contribution in [1.82, 2.24) is 19.4 Å². The Kier molecular flexibility index (Phi) is 5.22. The second kappa shape index (κ2) is 7.91. The Labute approximate surface area is 190 Å². The molecule has 31 heavy (non-hydrogen) atoms. The zero-order valence-electron chi connectivity index (χ0n) is 17.8. The van der Waals surface area contributed by atoms with E-state index in [2.05, 4.69) is 71.7 Å². The summed E-state index contributed by atoms with van der Waals surface area (Å²) in [4.78, 5) is 25.4. The monoisotopic (exact) mass is 483 g/mol. The van der Waals surface area contributed by atoms with Crippen molar-refractivity contribution in [3.63, 3.8) is 0 Å². The van der Waals surface area contributed by atoms with Gasteiger partial charge in [0, 0.05) is 79.2 Å². The number of fused-ring (bicyclic) bond motifs is 1. The highest BCUT2D eigenvalue weighted by molar-refractivity contribution is 9.10. The molecular formula is C23H26BrN5O2. The minimum atomic E-state index is -0.373. The molecule has 5 rings (SSSR count). The number of ether oxygens (including phenoxy) is 1. The molecule has 0 atom stereocenters. The van der Waals surface area contributed by atoms with Gasteiger partial charge in [0.25, 0.3) is 0 Å². The molecule has 1 spiro atoms. The highest BCUT2D eigenvalue weighted by atomic mass is 79.9. The van der Waals surface area contributed by atoms with Crippen molar-refractivity contribution in [3.8, 4) is 0 Å². The number of aryl methyl sites for hydroxylation is 1. The minimum Gasteiger partial charge on any atom is -0.462 e. The third kappa shape index (κ3) is 3.83. The standard InChI is InChI=1S/C23H26BrN5O2/c1-3-31-21(30)16-9-25-22(26-10-16)29-7-6-23(15-29)13-28(14-23)12-17-11-27(2)20-8-18(24)4-5-19(17)20/h4-5,8-11H,3,6-7,12-15H2,1-2H3. The van der Waals surface area contributed by atoms with Gasteiger partial charge in [-0.25, -0.2) is 14.8 Å². The first-order valence-electron chi connectivity index (χ1n) is 10.7. The van der Waals surface area contributed by atoms with Crippen molar-refractivity contribution in [2.24, 2.45) is 12.5 Å². The molecule has 2 saturated heterocycles. The van der Waals surface area contributed by atoms with Crippen molar-refractivity contribution in [1.29, 1.82) is 0 Å². The van der Waals surface area contributed by atoms with Gasteiger partial charge in [-0.2, -0.15) is 0 Å². The van der Waals surface area contributed by atoms with Gasteiger partial charge in [-0.15, -0.1) is 0 Å². The molecule has 2 aliphatic rings. The van der Waals surface area contributed by atoms with E-state index in [-0.39, 0.29) is 5.97 Å². The summed E-state index contributed by atoms with van der Waals surface area (Å²) >= 11 is 3.57. The van der Waals surface area contributed by atoms with Crippen LogP contribution in [0, 0.1) is 5.41 Å². The molecule has 0 aliphatic carbocycles. The number of carbonyl (C=O) groups is 1. The Bertz CT molecular complexity index is 1120. The van der Waals surface area contributed by atoms with E-state index in [1.54, 1.807) is 19.3 Å². The molecule has 8 heteroatoms. The maximum Gasteiger partial charge on any atom is 0.341 e. The predicted octanol–water partition coefficient (Wildman–Crippen LogP) is 3.62. The summed E-state index contributed by atoms with van der Waals surface area (Å²) in [6.45, 7) is 7.22. The molecule has 0 radical (unpaired) electrons. The van der Waals surface area contributed by atoms with Crippen LogP contribution in [0.3, 0.4) is 0 Å². The normalized spacial score (nSPS) is 18.0. The summed E-state index contributed by atoms with van der Waals surface area (Å²) in [6.07, 6.45) is 6.53. The number of carbonyl (C=O) groups excluding carboxylic acids is 1. The highest BCUT2D eigenvalue weighted by Gasteiger charge is 2.48. The summed E-state index contributed by atoms with van der Waals surface area (Å²) in [5.74, 6) is 0.324. The number of hydrogen-bond donors (Lipinski definition) is 0. The van der Waals surface area contributed by atoms with E-state index in [0.29, 0.717) is 23.5 Å². The van der Waals surface area contributed by atoms with Gasteiger partial charge < -0.3 is 14.2 Å². The molecule has 0 saturated carbocycles. The van der Waals surface area contributed by atoms with Crippen LogP contribution in [0.1, 0.15) is 29.3 Å². The van der Waals surface area contributed by atoms with Crippen molar-refractivity contribution in [3.05, 3.63) is 52.4 Å². The van der Waals surface area contributed by atoms with Crippen LogP contribution in [0.4, 0.5) is 5.95 Å². The van der Waals surface area contributed by atoms with Gasteiger partial charge in [0.05, 0.1) is 12.2 Å². The first-order chi connectivity index (χ1) is 15.0. The zero-order valence-corrected chi connectivity index (χ0v) is 19.4. The van der Waals surface area contributed by atoms with Crippen molar-refractivity contribution < 1.29 is 9.53 Å². The number of halogens is 1. The summed E-state index contributed by atoms with van der Waals surface area (Å²) in [7, 11) is 2.11. The molecule has 0 bridgehead atoms. The third-order valence-electron chi connectivity index (χ3n) is 6.42. The average molecular weight is 484 g/mol. The van der Waals surface area contributed by atoms with Crippen LogP contribution in [-0.4, -0.2) is 58.2 Å². The Morgan fingerprint density at radius 1 is 1.23 bits per heavy atom. The van der Waals surface area contributed by atoms with Crippen LogP contribution in [0.15, 0.2) is 41.3 Å². The average Bonchev–Trinajstić information content (AvgIpc) is 3.30. The lowest BCUT2D eigenvalue weighted by Crippen LogP contribution is -2.56. The Morgan fingerprint density at radius 3 is 2.74 bits per heavy atom. The lowest BCUT2D eigenvalue weighted by molar-refractivity contribution is 0.0119. The number of benzene rings is 1. The van der Waals surface area contributed by atoms with Gasteiger partial charge >= 0.3 is 5.97 Å². The molecule has 0 unspecified atom stereocenters. The second-order valence-corrected chi connectivity index (χ2v) is 9.65. The molecule has 1 aromatic carbocycles. The van der Waals surface area contributed by atoms with Gasteiger partial charge in [0.15, 0.2) is 0 Å². The zero-order chi connectivity index (χ0) is 21.6. The van der Waals surface area contributed by atoms with Crippen molar-refractivity contribution >= 4 is 38.8 Å². The van der Waals surface area contributed by atoms with E-state index < -0.39 is 0 Å². The van der Waals surface area contributed by atoms with Crippen LogP contribution in [0.5, 0.6) is 0 Å². The van der Waals surface area contributed by atoms with Gasteiger partial charge in [0.2, 0.25) is 5.95 Å².